The van der Waals surface area contributed by atoms with Gasteiger partial charge in [-0.3, -0.25) is 4.79 Å². The van der Waals surface area contributed by atoms with Gasteiger partial charge in [-0.1, -0.05) is 55.0 Å². The van der Waals surface area contributed by atoms with Crippen molar-refractivity contribution in [1.82, 2.24) is 5.32 Å². The summed E-state index contributed by atoms with van der Waals surface area (Å²) < 4.78 is 0. The molecule has 0 bridgehead atoms. The first kappa shape index (κ1) is 13.7. The standard InChI is InChI=1S/C14H17Cl2NO/c15-12-9-5-8-11(13(12)16)14(18)17-10-6-3-1-2-4-7-10/h5,8-10H,1-4,6-7H2,(H,17,18). The Balaban J connectivity index is 2.04. The Kier molecular flexibility index (Phi) is 4.90. The molecule has 0 radical (unpaired) electrons. The van der Waals surface area contributed by atoms with Crippen LogP contribution in [0.1, 0.15) is 48.9 Å². The van der Waals surface area contributed by atoms with E-state index in [9.17, 15) is 4.79 Å². The van der Waals surface area contributed by atoms with E-state index < -0.39 is 0 Å². The number of benzene rings is 1. The van der Waals surface area contributed by atoms with Gasteiger partial charge >= 0.3 is 0 Å². The van der Waals surface area contributed by atoms with Crippen LogP contribution in [0, 0.1) is 0 Å². The van der Waals surface area contributed by atoms with Crippen LogP contribution in [-0.4, -0.2) is 11.9 Å². The van der Waals surface area contributed by atoms with E-state index in [2.05, 4.69) is 5.32 Å². The molecular formula is C14H17Cl2NO. The summed E-state index contributed by atoms with van der Waals surface area (Å²) in [7, 11) is 0. The Hall–Kier alpha value is -0.730. The van der Waals surface area contributed by atoms with Crippen LogP contribution in [-0.2, 0) is 0 Å². The number of rotatable bonds is 2. The first-order chi connectivity index (χ1) is 8.68. The van der Waals surface area contributed by atoms with Crippen molar-refractivity contribution in [2.24, 2.45) is 0 Å². The van der Waals surface area contributed by atoms with Gasteiger partial charge in [-0.15, -0.1) is 0 Å². The third kappa shape index (κ3) is 3.39. The lowest BCUT2D eigenvalue weighted by atomic mass is 10.1. The fraction of sp³-hybridized carbons (Fsp3) is 0.500. The van der Waals surface area contributed by atoms with Gasteiger partial charge in [-0.05, 0) is 25.0 Å². The monoisotopic (exact) mass is 285 g/mol. The second kappa shape index (κ2) is 6.44. The van der Waals surface area contributed by atoms with E-state index in [1.54, 1.807) is 18.2 Å². The second-order valence-electron chi connectivity index (χ2n) is 4.76. The van der Waals surface area contributed by atoms with Gasteiger partial charge in [0.1, 0.15) is 0 Å². The van der Waals surface area contributed by atoms with Gasteiger partial charge in [0.25, 0.3) is 5.91 Å². The van der Waals surface area contributed by atoms with Crippen LogP contribution in [0.2, 0.25) is 10.0 Å². The number of nitrogens with one attached hydrogen (secondary N) is 1. The van der Waals surface area contributed by atoms with Crippen LogP contribution in [0.15, 0.2) is 18.2 Å². The van der Waals surface area contributed by atoms with Gasteiger partial charge in [0, 0.05) is 6.04 Å². The first-order valence-corrected chi connectivity index (χ1v) is 7.19. The van der Waals surface area contributed by atoms with Crippen LogP contribution in [0.5, 0.6) is 0 Å². The fourth-order valence-corrected chi connectivity index (χ4v) is 2.75. The predicted molar refractivity (Wildman–Crippen MR) is 75.4 cm³/mol. The summed E-state index contributed by atoms with van der Waals surface area (Å²) in [6.45, 7) is 0. The molecule has 1 amide bonds. The van der Waals surface area contributed by atoms with Crippen molar-refractivity contribution < 1.29 is 4.79 Å². The fourth-order valence-electron chi connectivity index (χ4n) is 2.37. The maximum Gasteiger partial charge on any atom is 0.253 e. The van der Waals surface area contributed by atoms with Crippen molar-refractivity contribution in [2.45, 2.75) is 44.6 Å². The van der Waals surface area contributed by atoms with Crippen LogP contribution >= 0.6 is 23.2 Å². The molecule has 2 rings (SSSR count). The topological polar surface area (TPSA) is 29.1 Å². The molecule has 1 fully saturated rings. The molecule has 0 spiro atoms. The van der Waals surface area contributed by atoms with Crippen molar-refractivity contribution in [3.05, 3.63) is 33.8 Å². The Labute approximate surface area is 118 Å². The average Bonchev–Trinajstić information content (AvgIpc) is 2.61. The van der Waals surface area contributed by atoms with E-state index in [1.807, 2.05) is 0 Å². The van der Waals surface area contributed by atoms with Crippen molar-refractivity contribution in [1.29, 1.82) is 0 Å². The molecule has 0 aliphatic heterocycles. The molecule has 2 nitrogen and oxygen atoms in total. The average molecular weight is 286 g/mol. The number of hydrogen-bond acceptors (Lipinski definition) is 1. The normalized spacial score (nSPS) is 17.2. The van der Waals surface area contributed by atoms with Gasteiger partial charge in [0.15, 0.2) is 0 Å². The zero-order chi connectivity index (χ0) is 13.0. The Morgan fingerprint density at radius 3 is 2.44 bits per heavy atom. The highest BCUT2D eigenvalue weighted by molar-refractivity contribution is 6.43. The van der Waals surface area contributed by atoms with Crippen molar-refractivity contribution in [3.63, 3.8) is 0 Å². The van der Waals surface area contributed by atoms with Crippen LogP contribution in [0.25, 0.3) is 0 Å². The van der Waals surface area contributed by atoms with Crippen molar-refractivity contribution >= 4 is 29.1 Å². The third-order valence-electron chi connectivity index (χ3n) is 3.39. The molecule has 0 unspecified atom stereocenters. The second-order valence-corrected chi connectivity index (χ2v) is 5.55. The molecule has 1 saturated carbocycles. The maximum absolute atomic E-state index is 12.1. The molecule has 4 heteroatoms. The van der Waals surface area contributed by atoms with Gasteiger partial charge in [0.05, 0.1) is 15.6 Å². The van der Waals surface area contributed by atoms with E-state index in [1.165, 1.54) is 25.7 Å². The molecule has 0 heterocycles. The number of hydrogen-bond donors (Lipinski definition) is 1. The maximum atomic E-state index is 12.1. The van der Waals surface area contributed by atoms with Gasteiger partial charge in [-0.2, -0.15) is 0 Å². The van der Waals surface area contributed by atoms with Gasteiger partial charge in [0.2, 0.25) is 0 Å². The molecule has 0 saturated heterocycles. The molecule has 1 aromatic rings. The molecule has 1 aliphatic rings. The zero-order valence-corrected chi connectivity index (χ0v) is 11.7. The molecule has 1 aliphatic carbocycles. The molecule has 0 atom stereocenters. The van der Waals surface area contributed by atoms with Crippen molar-refractivity contribution in [2.75, 3.05) is 0 Å². The highest BCUT2D eigenvalue weighted by Crippen LogP contribution is 2.26. The van der Waals surface area contributed by atoms with E-state index in [4.69, 9.17) is 23.2 Å². The molecule has 1 aromatic carbocycles. The highest BCUT2D eigenvalue weighted by atomic mass is 35.5. The minimum Gasteiger partial charge on any atom is -0.349 e. The largest absolute Gasteiger partial charge is 0.349 e. The predicted octanol–water partition coefficient (Wildman–Crippen LogP) is 4.45. The molecule has 0 aromatic heterocycles. The lowest BCUT2D eigenvalue weighted by molar-refractivity contribution is 0.0933. The van der Waals surface area contributed by atoms with Gasteiger partial charge < -0.3 is 5.32 Å². The SMILES string of the molecule is O=C(NC1CCCCCC1)c1cccc(Cl)c1Cl. The Morgan fingerprint density at radius 1 is 1.11 bits per heavy atom. The minimum atomic E-state index is -0.116. The summed E-state index contributed by atoms with van der Waals surface area (Å²) in [5.41, 5.74) is 0.466. The smallest absolute Gasteiger partial charge is 0.253 e. The Bertz CT molecular complexity index is 426. The number of carbonyl (C=O) groups excluding carboxylic acids is 1. The Morgan fingerprint density at radius 2 is 1.78 bits per heavy atom. The quantitative estimate of drug-likeness (QED) is 0.800. The van der Waals surface area contributed by atoms with Gasteiger partial charge in [-0.25, -0.2) is 0 Å². The van der Waals surface area contributed by atoms with E-state index in [-0.39, 0.29) is 11.9 Å². The van der Waals surface area contributed by atoms with Crippen molar-refractivity contribution in [3.8, 4) is 0 Å². The minimum absolute atomic E-state index is 0.116. The van der Waals surface area contributed by atoms with E-state index >= 15 is 0 Å². The first-order valence-electron chi connectivity index (χ1n) is 6.43. The molecule has 18 heavy (non-hydrogen) atoms. The lowest BCUT2D eigenvalue weighted by Gasteiger charge is -2.16. The van der Waals surface area contributed by atoms with Crippen LogP contribution in [0.4, 0.5) is 0 Å². The zero-order valence-electron chi connectivity index (χ0n) is 10.2. The number of carbonyl (C=O) groups is 1. The highest BCUT2D eigenvalue weighted by Gasteiger charge is 2.18. The van der Waals surface area contributed by atoms with E-state index in [0.717, 1.165) is 12.8 Å². The number of amides is 1. The number of halogens is 2. The summed E-state index contributed by atoms with van der Waals surface area (Å²) in [4.78, 5) is 12.1. The third-order valence-corrected chi connectivity index (χ3v) is 4.21. The lowest BCUT2D eigenvalue weighted by Crippen LogP contribution is -2.34. The summed E-state index contributed by atoms with van der Waals surface area (Å²) in [5, 5.41) is 3.82. The summed E-state index contributed by atoms with van der Waals surface area (Å²) in [6, 6.07) is 5.41. The molecule has 1 N–H and O–H groups in total. The summed E-state index contributed by atoms with van der Waals surface area (Å²) in [6.07, 6.45) is 7.03. The summed E-state index contributed by atoms with van der Waals surface area (Å²) >= 11 is 12.0. The summed E-state index contributed by atoms with van der Waals surface area (Å²) in [5.74, 6) is -0.116. The van der Waals surface area contributed by atoms with Crippen LogP contribution < -0.4 is 5.32 Å². The van der Waals surface area contributed by atoms with E-state index in [0.29, 0.717) is 15.6 Å². The molecular weight excluding hydrogens is 269 g/mol. The van der Waals surface area contributed by atoms with Crippen LogP contribution in [0.3, 0.4) is 0 Å². The molecule has 98 valence electrons.